The lowest BCUT2D eigenvalue weighted by Gasteiger charge is -2.63. The minimum atomic E-state index is -1.02. The molecule has 0 aromatic rings. The highest BCUT2D eigenvalue weighted by molar-refractivity contribution is 5.76. The maximum absolute atomic E-state index is 12.1. The Balaban J connectivity index is 1.48. The van der Waals surface area contributed by atoms with Crippen LogP contribution in [0.3, 0.4) is 0 Å². The van der Waals surface area contributed by atoms with Crippen LogP contribution in [0.1, 0.15) is 91.4 Å². The van der Waals surface area contributed by atoms with Crippen LogP contribution in [0.5, 0.6) is 0 Å². The molecule has 0 aromatic heterocycles. The van der Waals surface area contributed by atoms with Crippen molar-refractivity contribution in [2.45, 2.75) is 110 Å². The summed E-state index contributed by atoms with van der Waals surface area (Å²) in [5.74, 6) is -1.12. The Morgan fingerprint density at radius 1 is 0.917 bits per heavy atom. The van der Waals surface area contributed by atoms with Gasteiger partial charge in [0.25, 0.3) is 0 Å². The summed E-state index contributed by atoms with van der Waals surface area (Å²) in [4.78, 5) is 34.0. The van der Waals surface area contributed by atoms with Crippen molar-refractivity contribution in [3.05, 3.63) is 0 Å². The number of aliphatic carboxylic acids is 2. The predicted octanol–water partition coefficient (Wildman–Crippen LogP) is 3.86. The fourth-order valence-electron chi connectivity index (χ4n) is 9.23. The van der Waals surface area contributed by atoms with Crippen molar-refractivity contribution in [3.63, 3.8) is 0 Å². The lowest BCUT2D eigenvalue weighted by molar-refractivity contribution is -0.209. The van der Waals surface area contributed by atoms with E-state index in [1.807, 2.05) is 0 Å². The Morgan fingerprint density at radius 2 is 1.61 bits per heavy atom. The molecular weight excluding hydrogens is 464 g/mol. The summed E-state index contributed by atoms with van der Waals surface area (Å²) in [5.41, 5.74) is -0.372. The maximum atomic E-state index is 12.1. The topological polar surface area (TPSA) is 141 Å². The van der Waals surface area contributed by atoms with E-state index in [1.54, 1.807) is 0 Å². The van der Waals surface area contributed by atoms with Gasteiger partial charge in [0, 0.05) is 6.42 Å². The monoisotopic (exact) mass is 508 g/mol. The average Bonchev–Trinajstić information content (AvgIpc) is 3.16. The van der Waals surface area contributed by atoms with Crippen molar-refractivity contribution in [1.82, 2.24) is 0 Å². The van der Waals surface area contributed by atoms with Gasteiger partial charge in [0.2, 0.25) is 0 Å². The van der Waals surface area contributed by atoms with Gasteiger partial charge < -0.3 is 25.2 Å². The Hall–Kier alpha value is -1.67. The second-order valence-electron chi connectivity index (χ2n) is 12.8. The van der Waals surface area contributed by atoms with Gasteiger partial charge >= 0.3 is 17.9 Å². The van der Waals surface area contributed by atoms with Crippen LogP contribution in [0.4, 0.5) is 0 Å². The Morgan fingerprint density at radius 3 is 2.28 bits per heavy atom. The summed E-state index contributed by atoms with van der Waals surface area (Å²) < 4.78 is 5.62. The van der Waals surface area contributed by atoms with Crippen molar-refractivity contribution >= 4 is 17.9 Å². The van der Waals surface area contributed by atoms with Gasteiger partial charge in [-0.3, -0.25) is 14.4 Å². The number of aliphatic hydroxyl groups is 2. The van der Waals surface area contributed by atoms with Crippen LogP contribution in [-0.4, -0.2) is 56.6 Å². The minimum Gasteiger partial charge on any atom is -0.481 e. The lowest BCUT2D eigenvalue weighted by Crippen LogP contribution is -2.62. The minimum absolute atomic E-state index is 0.0524. The van der Waals surface area contributed by atoms with E-state index >= 15 is 0 Å². The molecule has 36 heavy (non-hydrogen) atoms. The number of fused-ring (bicyclic) bond motifs is 5. The predicted molar refractivity (Wildman–Crippen MR) is 131 cm³/mol. The highest BCUT2D eigenvalue weighted by Crippen LogP contribution is 2.68. The average molecular weight is 509 g/mol. The molecule has 0 bridgehead atoms. The fourth-order valence-corrected chi connectivity index (χ4v) is 9.23. The first-order chi connectivity index (χ1) is 16.9. The molecule has 4 aliphatic rings. The van der Waals surface area contributed by atoms with E-state index in [2.05, 4.69) is 20.8 Å². The molecule has 11 atom stereocenters. The largest absolute Gasteiger partial charge is 0.481 e. The molecule has 0 amide bonds. The van der Waals surface area contributed by atoms with Gasteiger partial charge in [-0.1, -0.05) is 20.8 Å². The van der Waals surface area contributed by atoms with Gasteiger partial charge in [-0.05, 0) is 97.7 Å². The summed E-state index contributed by atoms with van der Waals surface area (Å²) in [6.45, 7) is 6.59. The Labute approximate surface area is 213 Å². The molecule has 0 unspecified atom stereocenters. The zero-order chi connectivity index (χ0) is 26.4. The zero-order valence-electron chi connectivity index (χ0n) is 21.9. The maximum Gasteiger partial charge on any atom is 0.306 e. The van der Waals surface area contributed by atoms with Crippen molar-refractivity contribution in [3.8, 4) is 0 Å². The van der Waals surface area contributed by atoms with Crippen molar-refractivity contribution in [2.75, 3.05) is 0 Å². The smallest absolute Gasteiger partial charge is 0.306 e. The molecule has 0 radical (unpaired) electrons. The molecule has 204 valence electrons. The first-order valence-electron chi connectivity index (χ1n) is 13.9. The van der Waals surface area contributed by atoms with Crippen LogP contribution in [0.2, 0.25) is 0 Å². The quantitative estimate of drug-likeness (QED) is 0.362. The first-order valence-corrected chi connectivity index (χ1v) is 13.9. The summed E-state index contributed by atoms with van der Waals surface area (Å²) in [7, 11) is 0. The van der Waals surface area contributed by atoms with Gasteiger partial charge in [0.15, 0.2) is 0 Å². The van der Waals surface area contributed by atoms with Gasteiger partial charge in [-0.25, -0.2) is 0 Å². The fraction of sp³-hybridized carbons (Fsp3) is 0.893. The van der Waals surface area contributed by atoms with Crippen LogP contribution >= 0.6 is 0 Å². The molecular formula is C28H44O8. The van der Waals surface area contributed by atoms with E-state index < -0.39 is 30.1 Å². The second-order valence-corrected chi connectivity index (χ2v) is 12.8. The zero-order valence-corrected chi connectivity index (χ0v) is 21.9. The van der Waals surface area contributed by atoms with Gasteiger partial charge in [0.1, 0.15) is 6.10 Å². The third-order valence-electron chi connectivity index (χ3n) is 11.2. The molecule has 4 saturated carbocycles. The number of carboxylic acid groups (broad SMARTS) is 2. The molecule has 0 aliphatic heterocycles. The second kappa shape index (κ2) is 10.2. The number of hydrogen-bond donors (Lipinski definition) is 4. The van der Waals surface area contributed by atoms with Crippen molar-refractivity contribution in [2.24, 2.45) is 46.3 Å². The molecule has 0 saturated heterocycles. The number of carbonyl (C=O) groups is 3. The third-order valence-corrected chi connectivity index (χ3v) is 11.2. The summed E-state index contributed by atoms with van der Waals surface area (Å²) in [5, 5.41) is 41.1. The van der Waals surface area contributed by atoms with Crippen LogP contribution in [0, 0.1) is 46.3 Å². The molecule has 4 fully saturated rings. The molecule has 0 spiro atoms. The van der Waals surface area contributed by atoms with E-state index in [1.165, 1.54) is 0 Å². The standard InChI is InChI=1S/C28H44O8/c1-15(4-7-23(31)32)18-5-6-19-26-20(14-22(30)28(18,19)3)27(2)11-10-17(12-16(27)13-21(26)29)36-25(35)9-8-24(33)34/h15-22,26,29-30H,4-14H2,1-3H3,(H,31,32)(H,33,34)/t15-,16+,17-,18-,19+,20+,21-,22-,26+,27+,28-/m1/s1. The number of hydrogen-bond acceptors (Lipinski definition) is 6. The summed E-state index contributed by atoms with van der Waals surface area (Å²) in [6.07, 6.45) is 4.65. The van der Waals surface area contributed by atoms with Crippen molar-refractivity contribution in [1.29, 1.82) is 0 Å². The van der Waals surface area contributed by atoms with Crippen LogP contribution in [0.25, 0.3) is 0 Å². The molecule has 4 rings (SSSR count). The van der Waals surface area contributed by atoms with Crippen LogP contribution in [0.15, 0.2) is 0 Å². The number of esters is 1. The van der Waals surface area contributed by atoms with E-state index in [9.17, 15) is 24.6 Å². The molecule has 8 nitrogen and oxygen atoms in total. The number of carbonyl (C=O) groups excluding carboxylic acids is 1. The Bertz CT molecular complexity index is 858. The highest BCUT2D eigenvalue weighted by atomic mass is 16.5. The van der Waals surface area contributed by atoms with Gasteiger partial charge in [-0.2, -0.15) is 0 Å². The molecule has 4 aliphatic carbocycles. The van der Waals surface area contributed by atoms with Gasteiger partial charge in [0.05, 0.1) is 25.0 Å². The SMILES string of the molecule is C[C@H](CCC(=O)O)[C@H]1CC[C@H]2[C@@H]3[C@H](O)C[C@@H]4C[C@H](OC(=O)CCC(=O)O)CC[C@]4(C)[C@H]3C[C@@H](O)[C@]12C. The van der Waals surface area contributed by atoms with Crippen molar-refractivity contribution < 1.29 is 39.5 Å². The highest BCUT2D eigenvalue weighted by Gasteiger charge is 2.65. The Kier molecular flexibility index (Phi) is 7.78. The number of rotatable bonds is 8. The number of ether oxygens (including phenoxy) is 1. The summed E-state index contributed by atoms with van der Waals surface area (Å²) in [6, 6.07) is 0. The lowest BCUT2D eigenvalue weighted by atomic mass is 9.43. The molecule has 8 heteroatoms. The number of carboxylic acids is 2. The third kappa shape index (κ3) is 4.80. The summed E-state index contributed by atoms with van der Waals surface area (Å²) >= 11 is 0. The van der Waals surface area contributed by atoms with E-state index in [0.717, 1.165) is 25.7 Å². The van der Waals surface area contributed by atoms with E-state index in [0.29, 0.717) is 25.7 Å². The number of aliphatic hydroxyl groups excluding tert-OH is 2. The van der Waals surface area contributed by atoms with Gasteiger partial charge in [-0.15, -0.1) is 0 Å². The molecule has 0 aromatic carbocycles. The van der Waals surface area contributed by atoms with E-state index in [-0.39, 0.29) is 71.7 Å². The molecule has 0 heterocycles. The van der Waals surface area contributed by atoms with Crippen LogP contribution in [-0.2, 0) is 19.1 Å². The van der Waals surface area contributed by atoms with E-state index in [4.69, 9.17) is 14.9 Å². The van der Waals surface area contributed by atoms with Crippen LogP contribution < -0.4 is 0 Å². The first kappa shape index (κ1) is 27.4. The molecule has 4 N–H and O–H groups in total. The normalized spacial score (nSPS) is 44.6.